The molecule has 0 radical (unpaired) electrons. The first-order chi connectivity index (χ1) is 21.6. The molecule has 0 bridgehead atoms. The van der Waals surface area contributed by atoms with Gasteiger partial charge in [0.2, 0.25) is 0 Å². The monoisotopic (exact) mass is 646 g/mol. The van der Waals surface area contributed by atoms with Crippen molar-refractivity contribution in [3.05, 3.63) is 64.4 Å². The van der Waals surface area contributed by atoms with Gasteiger partial charge in [0, 0.05) is 28.8 Å². The molecule has 3 aliphatic rings. The van der Waals surface area contributed by atoms with E-state index >= 15 is 0 Å². The number of allylic oxidation sites excluding steroid dienone is 2. The number of alkyl halides is 2. The number of carbonyl (C=O) groups excluding carboxylic acids is 1. The summed E-state index contributed by atoms with van der Waals surface area (Å²) in [6, 6.07) is 3.87. The molecule has 9 nitrogen and oxygen atoms in total. The number of amides is 1. The molecule has 45 heavy (non-hydrogen) atoms. The smallest absolute Gasteiger partial charge is 0.261 e. The number of amidine groups is 1. The van der Waals surface area contributed by atoms with Crippen molar-refractivity contribution in [2.24, 2.45) is 16.8 Å². The molecule has 0 saturated heterocycles. The predicted molar refractivity (Wildman–Crippen MR) is 180 cm³/mol. The van der Waals surface area contributed by atoms with Crippen LogP contribution in [0, 0.1) is 17.8 Å². The Hall–Kier alpha value is -3.69. The number of rotatable bonds is 9. The molecule has 0 aromatic heterocycles. The quantitative estimate of drug-likeness (QED) is 0.145. The van der Waals surface area contributed by atoms with E-state index in [1.807, 2.05) is 60.5 Å². The van der Waals surface area contributed by atoms with E-state index in [2.05, 4.69) is 33.0 Å². The summed E-state index contributed by atoms with van der Waals surface area (Å²) in [5, 5.41) is 9.79. The summed E-state index contributed by atoms with van der Waals surface area (Å²) in [6.45, 7) is 11.9. The van der Waals surface area contributed by atoms with E-state index in [4.69, 9.17) is 15.2 Å². The number of carbonyl (C=O) groups is 1. The number of dihydropyridines is 1. The molecule has 3 unspecified atom stereocenters. The third kappa shape index (κ3) is 10.4. The highest BCUT2D eigenvalue weighted by Crippen LogP contribution is 2.34. The number of ether oxygens (including phenoxy) is 2. The molecule has 0 spiro atoms. The van der Waals surface area contributed by atoms with Gasteiger partial charge in [-0.25, -0.2) is 8.78 Å². The zero-order valence-corrected chi connectivity index (χ0v) is 28.6. The third-order valence-corrected chi connectivity index (χ3v) is 7.64. The Bertz CT molecular complexity index is 1350. The van der Waals surface area contributed by atoms with Gasteiger partial charge in [-0.05, 0) is 81.4 Å². The molecule has 1 amide bonds. The van der Waals surface area contributed by atoms with Gasteiger partial charge in [0.05, 0.1) is 7.11 Å². The summed E-state index contributed by atoms with van der Waals surface area (Å²) in [7, 11) is 5.11. The second kappa shape index (κ2) is 18.3. The fourth-order valence-corrected chi connectivity index (χ4v) is 4.80. The molecule has 1 aromatic carbocycles. The van der Waals surface area contributed by atoms with E-state index in [1.54, 1.807) is 18.2 Å². The Morgan fingerprint density at radius 2 is 1.91 bits per heavy atom. The highest BCUT2D eigenvalue weighted by Gasteiger charge is 2.29. The van der Waals surface area contributed by atoms with Crippen molar-refractivity contribution in [2.45, 2.75) is 84.9 Å². The summed E-state index contributed by atoms with van der Waals surface area (Å²) in [6.07, 6.45) is 2.41. The number of halogens is 2. The highest BCUT2D eigenvalue weighted by atomic mass is 32.2. The minimum atomic E-state index is -2.68. The molecule has 248 valence electrons. The molecule has 1 saturated carbocycles. The van der Waals surface area contributed by atoms with Crippen LogP contribution in [0.4, 0.5) is 8.78 Å². The molecular formula is C33H48F2N6O3S. The fourth-order valence-electron chi connectivity index (χ4n) is 4.09. The van der Waals surface area contributed by atoms with Crippen LogP contribution in [-0.4, -0.2) is 55.0 Å². The number of methoxy groups -OCH3 is 1. The predicted octanol–water partition coefficient (Wildman–Crippen LogP) is 6.10. The Labute approximate surface area is 271 Å². The van der Waals surface area contributed by atoms with Crippen molar-refractivity contribution in [1.82, 2.24) is 21.0 Å². The standard InChI is InChI=1S/C29H36F2N6O3S.2C2H6/c1-6-16(2)26(32)40-28(37(3)4)18-10-11-19(20(13-18)21-14-22(25(30)31)33-15-23(21)39-5)27(38)34-29-36-35-24(41-29)12-9-17-7-8-17;2*1-2/h10-11,13-15,17,22,24-25,28,33,35H,6-8,32H2,1-5H3,(H,34,36,38);2*1-2H3. The Morgan fingerprint density at radius 3 is 2.49 bits per heavy atom. The van der Waals surface area contributed by atoms with Crippen LogP contribution in [0.1, 0.15) is 88.5 Å². The summed E-state index contributed by atoms with van der Waals surface area (Å²) in [5.41, 5.74) is 11.7. The maximum absolute atomic E-state index is 13.8. The number of hydrogen-bond donors (Lipinski definition) is 4. The first kappa shape index (κ1) is 37.5. The lowest BCUT2D eigenvalue weighted by Crippen LogP contribution is -2.34. The minimum Gasteiger partial charge on any atom is -0.495 e. The van der Waals surface area contributed by atoms with Crippen LogP contribution in [0.15, 0.2) is 52.8 Å². The molecule has 3 atom stereocenters. The van der Waals surface area contributed by atoms with Crippen LogP contribution in [0.3, 0.4) is 0 Å². The number of benzene rings is 1. The maximum Gasteiger partial charge on any atom is 0.261 e. The maximum atomic E-state index is 13.8. The molecule has 5 N–H and O–H groups in total. The van der Waals surface area contributed by atoms with Crippen molar-refractivity contribution in [2.75, 3.05) is 21.2 Å². The van der Waals surface area contributed by atoms with E-state index in [0.717, 1.165) is 24.8 Å². The lowest BCUT2D eigenvalue weighted by atomic mass is 9.92. The number of thioether (sulfide) groups is 1. The summed E-state index contributed by atoms with van der Waals surface area (Å²) >= 11 is 1.31. The van der Waals surface area contributed by atoms with Gasteiger partial charge < -0.3 is 20.5 Å². The van der Waals surface area contributed by atoms with Crippen LogP contribution in [0.2, 0.25) is 0 Å². The average molecular weight is 647 g/mol. The van der Waals surface area contributed by atoms with Gasteiger partial charge in [0.25, 0.3) is 12.3 Å². The zero-order chi connectivity index (χ0) is 33.7. The van der Waals surface area contributed by atoms with Gasteiger partial charge in [0.15, 0.2) is 22.7 Å². The SMILES string of the molecule is CC.CC.CCC(C)=C(N)OC(c1ccc(C(=O)NC2=NNC(C#CC3CC3)S2)c(C2=CC(C(F)F)NC=C2OC)c1)N(C)C. The first-order valence-corrected chi connectivity index (χ1v) is 16.2. The molecule has 12 heteroatoms. The van der Waals surface area contributed by atoms with Crippen molar-refractivity contribution in [1.29, 1.82) is 0 Å². The zero-order valence-electron chi connectivity index (χ0n) is 27.8. The number of nitrogens with zero attached hydrogens (tertiary/aromatic N) is 2. The molecule has 1 aliphatic carbocycles. The summed E-state index contributed by atoms with van der Waals surface area (Å²) < 4.78 is 39.1. The number of hydrazone groups is 1. The van der Waals surface area contributed by atoms with Crippen molar-refractivity contribution in [3.63, 3.8) is 0 Å². The lowest BCUT2D eigenvalue weighted by molar-refractivity contribution is 0.00177. The second-order valence-corrected chi connectivity index (χ2v) is 11.2. The van der Waals surface area contributed by atoms with Gasteiger partial charge >= 0.3 is 0 Å². The topological polar surface area (TPSA) is 113 Å². The van der Waals surface area contributed by atoms with Crippen LogP contribution in [-0.2, 0) is 9.47 Å². The second-order valence-electron chi connectivity index (χ2n) is 10.1. The third-order valence-electron chi connectivity index (χ3n) is 6.76. The summed E-state index contributed by atoms with van der Waals surface area (Å²) in [5.74, 6) is 6.91. The number of hydrogen-bond acceptors (Lipinski definition) is 9. The average Bonchev–Trinajstić information content (AvgIpc) is 3.79. The fraction of sp³-hybridized carbons (Fsp3) is 0.515. The number of nitrogens with two attached hydrogens (primary N) is 1. The lowest BCUT2D eigenvalue weighted by Gasteiger charge is -2.28. The van der Waals surface area contributed by atoms with E-state index in [-0.39, 0.29) is 10.9 Å². The van der Waals surface area contributed by atoms with E-state index in [9.17, 15) is 13.6 Å². The molecular weight excluding hydrogens is 598 g/mol. The van der Waals surface area contributed by atoms with Crippen LogP contribution in [0.5, 0.6) is 0 Å². The van der Waals surface area contributed by atoms with E-state index in [0.29, 0.717) is 39.4 Å². The van der Waals surface area contributed by atoms with Gasteiger partial charge in [-0.2, -0.15) is 5.10 Å². The van der Waals surface area contributed by atoms with Crippen molar-refractivity contribution in [3.8, 4) is 11.8 Å². The Balaban J connectivity index is 0.00000169. The molecule has 1 fully saturated rings. The Kier molecular flexibility index (Phi) is 15.3. The van der Waals surface area contributed by atoms with Gasteiger partial charge in [-0.1, -0.05) is 52.5 Å². The molecule has 1 aromatic rings. The van der Waals surface area contributed by atoms with Crippen LogP contribution in [0.25, 0.3) is 5.57 Å². The van der Waals surface area contributed by atoms with Gasteiger partial charge in [-0.3, -0.25) is 20.4 Å². The van der Waals surface area contributed by atoms with Crippen molar-refractivity contribution >= 4 is 28.4 Å². The normalized spacial score (nSPS) is 19.7. The summed E-state index contributed by atoms with van der Waals surface area (Å²) in [4.78, 5) is 15.4. The van der Waals surface area contributed by atoms with Crippen molar-refractivity contribution < 1.29 is 23.0 Å². The van der Waals surface area contributed by atoms with E-state index in [1.165, 1.54) is 31.1 Å². The first-order valence-electron chi connectivity index (χ1n) is 15.4. The van der Waals surface area contributed by atoms with Crippen LogP contribution < -0.4 is 21.8 Å². The number of nitrogens with one attached hydrogen (secondary N) is 3. The largest absolute Gasteiger partial charge is 0.495 e. The van der Waals surface area contributed by atoms with E-state index < -0.39 is 24.6 Å². The van der Waals surface area contributed by atoms with Gasteiger partial charge in [0.1, 0.15) is 11.8 Å². The Morgan fingerprint density at radius 1 is 1.22 bits per heavy atom. The molecule has 4 rings (SSSR count). The highest BCUT2D eigenvalue weighted by molar-refractivity contribution is 8.14. The van der Waals surface area contributed by atoms with Crippen LogP contribution >= 0.6 is 11.8 Å². The minimum absolute atomic E-state index is 0.249. The molecule has 2 aliphatic heterocycles. The van der Waals surface area contributed by atoms with Gasteiger partial charge in [-0.15, -0.1) is 0 Å². The molecule has 2 heterocycles.